The number of fused-ring (bicyclic) bond motifs is 1. The lowest BCUT2D eigenvalue weighted by Crippen LogP contribution is -1.83. The van der Waals surface area contributed by atoms with Crippen molar-refractivity contribution in [3.63, 3.8) is 0 Å². The number of hydrogen-bond donors (Lipinski definition) is 0. The molecule has 0 spiro atoms. The van der Waals surface area contributed by atoms with Crippen LogP contribution in [0.5, 0.6) is 0 Å². The second kappa shape index (κ2) is 3.38. The second-order valence-corrected chi connectivity index (χ2v) is 4.29. The molecule has 0 N–H and O–H groups in total. The number of hydrogen-bond acceptors (Lipinski definition) is 3. The van der Waals surface area contributed by atoms with E-state index in [9.17, 15) is 4.79 Å². The van der Waals surface area contributed by atoms with Crippen LogP contribution in [-0.2, 0) is 4.79 Å². The average molecular weight is 206 g/mol. The summed E-state index contributed by atoms with van der Waals surface area (Å²) in [5.41, 5.74) is 1.94. The predicted molar refractivity (Wildman–Crippen MR) is 57.6 cm³/mol. The summed E-state index contributed by atoms with van der Waals surface area (Å²) in [7, 11) is 0. The third kappa shape index (κ3) is 1.37. The van der Waals surface area contributed by atoms with Crippen molar-refractivity contribution in [3.8, 4) is 0 Å². The number of imidazole rings is 1. The smallest absolute Gasteiger partial charge is 0.194 e. The molecule has 3 nitrogen and oxygen atoms in total. The van der Waals surface area contributed by atoms with Gasteiger partial charge < -0.3 is 0 Å². The second-order valence-electron chi connectivity index (χ2n) is 3.07. The first-order valence-electron chi connectivity index (χ1n) is 4.29. The minimum Gasteiger partial charge on any atom is -0.299 e. The Balaban J connectivity index is 2.65. The highest BCUT2D eigenvalue weighted by Gasteiger charge is 2.07. The molecule has 0 bridgehead atoms. The van der Waals surface area contributed by atoms with Gasteiger partial charge >= 0.3 is 0 Å². The summed E-state index contributed by atoms with van der Waals surface area (Å²) < 4.78 is 2.01. The van der Waals surface area contributed by atoms with Crippen molar-refractivity contribution in [3.05, 3.63) is 28.5 Å². The number of carbonyl (C=O) groups excluding carboxylic acids is 1. The molecule has 0 unspecified atom stereocenters. The maximum Gasteiger partial charge on any atom is 0.194 e. The number of aryl methyl sites for hydroxylation is 2. The van der Waals surface area contributed by atoms with E-state index < -0.39 is 0 Å². The van der Waals surface area contributed by atoms with E-state index in [1.807, 2.05) is 24.4 Å². The molecule has 0 aliphatic rings. The fourth-order valence-electron chi connectivity index (χ4n) is 1.41. The first-order chi connectivity index (χ1) is 6.72. The summed E-state index contributed by atoms with van der Waals surface area (Å²) in [5, 5.41) is 0. The van der Waals surface area contributed by atoms with Crippen molar-refractivity contribution in [2.24, 2.45) is 0 Å². The Morgan fingerprint density at radius 3 is 3.00 bits per heavy atom. The van der Waals surface area contributed by atoms with Crippen LogP contribution >= 0.6 is 11.3 Å². The summed E-state index contributed by atoms with van der Waals surface area (Å²) in [6.07, 6.45) is 6.08. The molecule has 0 aliphatic heterocycles. The number of carbonyl (C=O) groups is 1. The quantitative estimate of drug-likeness (QED) is 0.557. The first kappa shape index (κ1) is 9.15. The zero-order valence-corrected chi connectivity index (χ0v) is 8.84. The monoisotopic (exact) mass is 206 g/mol. The molecule has 0 saturated carbocycles. The summed E-state index contributed by atoms with van der Waals surface area (Å²) in [6.45, 7) is 3.99. The van der Waals surface area contributed by atoms with Gasteiger partial charge in [0.1, 0.15) is 6.29 Å². The summed E-state index contributed by atoms with van der Waals surface area (Å²) in [4.78, 5) is 16.8. The molecular weight excluding hydrogens is 196 g/mol. The molecule has 0 atom stereocenters. The Kier molecular flexibility index (Phi) is 2.21. The van der Waals surface area contributed by atoms with Crippen LogP contribution in [-0.4, -0.2) is 15.7 Å². The largest absolute Gasteiger partial charge is 0.299 e. The van der Waals surface area contributed by atoms with E-state index in [-0.39, 0.29) is 0 Å². The average Bonchev–Trinajstić information content (AvgIpc) is 2.58. The van der Waals surface area contributed by atoms with Crippen molar-refractivity contribution < 1.29 is 4.79 Å². The van der Waals surface area contributed by atoms with Crippen molar-refractivity contribution in [1.82, 2.24) is 9.38 Å². The topological polar surface area (TPSA) is 34.4 Å². The molecule has 0 saturated heterocycles. The van der Waals surface area contributed by atoms with E-state index in [0.717, 1.165) is 22.6 Å². The van der Waals surface area contributed by atoms with Gasteiger partial charge in [-0.3, -0.25) is 9.20 Å². The number of nitrogens with zero attached hydrogens (tertiary/aromatic N) is 2. The van der Waals surface area contributed by atoms with Gasteiger partial charge in [-0.25, -0.2) is 4.98 Å². The van der Waals surface area contributed by atoms with Crippen molar-refractivity contribution in [1.29, 1.82) is 0 Å². The highest BCUT2D eigenvalue weighted by Crippen LogP contribution is 2.21. The maximum absolute atomic E-state index is 10.2. The number of allylic oxidation sites excluding steroid dienone is 1. The van der Waals surface area contributed by atoms with E-state index in [0.29, 0.717) is 0 Å². The predicted octanol–water partition coefficient (Wildman–Crippen LogP) is 2.22. The molecule has 0 aromatic carbocycles. The zero-order chi connectivity index (χ0) is 10.1. The standard InChI is InChI=1S/C10H10N2OS/c1-7-6-12-9(4-3-5-13)8(2)11-10(12)14-7/h3-6H,1-2H3. The lowest BCUT2D eigenvalue weighted by atomic mass is 10.3. The fourth-order valence-corrected chi connectivity index (χ4v) is 2.29. The third-order valence-electron chi connectivity index (χ3n) is 2.00. The Morgan fingerprint density at radius 1 is 1.50 bits per heavy atom. The van der Waals surface area contributed by atoms with Gasteiger partial charge in [0.15, 0.2) is 4.96 Å². The van der Waals surface area contributed by atoms with E-state index in [2.05, 4.69) is 4.98 Å². The summed E-state index contributed by atoms with van der Waals surface area (Å²) >= 11 is 1.65. The van der Waals surface area contributed by atoms with Gasteiger partial charge in [-0.2, -0.15) is 0 Å². The number of thiazole rings is 1. The zero-order valence-electron chi connectivity index (χ0n) is 8.02. The van der Waals surface area contributed by atoms with Crippen molar-refractivity contribution in [2.75, 3.05) is 0 Å². The van der Waals surface area contributed by atoms with Gasteiger partial charge in [-0.15, -0.1) is 11.3 Å². The van der Waals surface area contributed by atoms with E-state index in [4.69, 9.17) is 0 Å². The van der Waals surface area contributed by atoms with E-state index in [1.54, 1.807) is 17.4 Å². The van der Waals surface area contributed by atoms with Crippen LogP contribution in [0.25, 0.3) is 11.0 Å². The molecule has 2 rings (SSSR count). The fraction of sp³-hybridized carbons (Fsp3) is 0.200. The normalized spacial score (nSPS) is 11.6. The van der Waals surface area contributed by atoms with E-state index in [1.165, 1.54) is 11.0 Å². The Bertz CT molecular complexity index is 507. The third-order valence-corrected chi connectivity index (χ3v) is 2.89. The number of aldehydes is 1. The van der Waals surface area contributed by atoms with Gasteiger partial charge in [0.2, 0.25) is 0 Å². The highest BCUT2D eigenvalue weighted by atomic mass is 32.1. The molecule has 2 aromatic heterocycles. The van der Waals surface area contributed by atoms with Crippen LogP contribution in [0.2, 0.25) is 0 Å². The van der Waals surface area contributed by atoms with Gasteiger partial charge in [-0.05, 0) is 26.0 Å². The molecule has 4 heteroatoms. The number of rotatable bonds is 2. The Hall–Kier alpha value is -1.42. The summed E-state index contributed by atoms with van der Waals surface area (Å²) in [5.74, 6) is 0. The molecular formula is C10H10N2OS. The van der Waals surface area contributed by atoms with Crippen LogP contribution in [0.3, 0.4) is 0 Å². The lowest BCUT2D eigenvalue weighted by molar-refractivity contribution is -0.104. The molecule has 72 valence electrons. The molecule has 2 heterocycles. The lowest BCUT2D eigenvalue weighted by Gasteiger charge is -1.90. The minimum absolute atomic E-state index is 0.776. The molecule has 0 amide bonds. The van der Waals surface area contributed by atoms with Crippen LogP contribution in [0.4, 0.5) is 0 Å². The number of aromatic nitrogens is 2. The van der Waals surface area contributed by atoms with Gasteiger partial charge in [-0.1, -0.05) is 0 Å². The molecule has 0 aliphatic carbocycles. The Morgan fingerprint density at radius 2 is 2.29 bits per heavy atom. The molecule has 2 aromatic rings. The van der Waals surface area contributed by atoms with Crippen LogP contribution in [0.1, 0.15) is 16.3 Å². The summed E-state index contributed by atoms with van der Waals surface area (Å²) in [6, 6.07) is 0. The van der Waals surface area contributed by atoms with Crippen LogP contribution in [0, 0.1) is 13.8 Å². The van der Waals surface area contributed by atoms with Crippen LogP contribution < -0.4 is 0 Å². The molecule has 0 fully saturated rings. The molecule has 0 radical (unpaired) electrons. The van der Waals surface area contributed by atoms with Crippen molar-refractivity contribution >= 4 is 28.7 Å². The molecule has 14 heavy (non-hydrogen) atoms. The Labute approximate surface area is 85.7 Å². The van der Waals surface area contributed by atoms with Crippen LogP contribution in [0.15, 0.2) is 12.3 Å². The van der Waals surface area contributed by atoms with Gasteiger partial charge in [0.05, 0.1) is 11.4 Å². The van der Waals surface area contributed by atoms with Gasteiger partial charge in [0, 0.05) is 11.1 Å². The first-order valence-corrected chi connectivity index (χ1v) is 5.11. The van der Waals surface area contributed by atoms with Crippen molar-refractivity contribution in [2.45, 2.75) is 13.8 Å². The van der Waals surface area contributed by atoms with E-state index >= 15 is 0 Å². The highest BCUT2D eigenvalue weighted by molar-refractivity contribution is 7.17. The minimum atomic E-state index is 0.776. The maximum atomic E-state index is 10.2. The SMILES string of the molecule is Cc1cn2c(C=CC=O)c(C)nc2s1. The van der Waals surface area contributed by atoms with Gasteiger partial charge in [0.25, 0.3) is 0 Å².